The molecule has 0 spiro atoms. The second-order valence-electron chi connectivity index (χ2n) is 4.58. The SMILES string of the molecule is O=C(NCC[C@H](O)C1CC1)c1ccc(F)c(F)c1. The number of rotatable bonds is 5. The van der Waals surface area contributed by atoms with Crippen LogP contribution in [0, 0.1) is 17.6 Å². The van der Waals surface area contributed by atoms with Gasteiger partial charge in [-0.3, -0.25) is 4.79 Å². The quantitative estimate of drug-likeness (QED) is 0.843. The summed E-state index contributed by atoms with van der Waals surface area (Å²) in [6, 6.07) is 3.01. The smallest absolute Gasteiger partial charge is 0.251 e. The summed E-state index contributed by atoms with van der Waals surface area (Å²) in [4.78, 5) is 11.6. The molecule has 0 bridgehead atoms. The maximum Gasteiger partial charge on any atom is 0.251 e. The molecule has 1 saturated carbocycles. The summed E-state index contributed by atoms with van der Waals surface area (Å²) in [5.74, 6) is -2.11. The Hall–Kier alpha value is -1.49. The molecule has 0 heterocycles. The van der Waals surface area contributed by atoms with Crippen molar-refractivity contribution in [3.63, 3.8) is 0 Å². The van der Waals surface area contributed by atoms with Gasteiger partial charge in [-0.1, -0.05) is 0 Å². The highest BCUT2D eigenvalue weighted by Gasteiger charge is 2.29. The van der Waals surface area contributed by atoms with Crippen LogP contribution >= 0.6 is 0 Å². The average Bonchev–Trinajstić information content (AvgIpc) is 3.16. The summed E-state index contributed by atoms with van der Waals surface area (Å²) in [5, 5.41) is 12.2. The molecule has 1 aliphatic rings. The summed E-state index contributed by atoms with van der Waals surface area (Å²) in [6.07, 6.45) is 2.19. The lowest BCUT2D eigenvalue weighted by molar-refractivity contribution is 0.0936. The molecular formula is C13H15F2NO2. The first-order valence-corrected chi connectivity index (χ1v) is 5.99. The van der Waals surface area contributed by atoms with Gasteiger partial charge >= 0.3 is 0 Å². The van der Waals surface area contributed by atoms with E-state index in [4.69, 9.17) is 0 Å². The monoisotopic (exact) mass is 255 g/mol. The highest BCUT2D eigenvalue weighted by molar-refractivity contribution is 5.94. The molecule has 1 atom stereocenters. The van der Waals surface area contributed by atoms with E-state index in [0.717, 1.165) is 25.0 Å². The summed E-state index contributed by atoms with van der Waals surface area (Å²) in [5.41, 5.74) is 0.0785. The molecule has 1 amide bonds. The molecule has 98 valence electrons. The van der Waals surface area contributed by atoms with Gasteiger partial charge in [0.05, 0.1) is 6.10 Å². The largest absolute Gasteiger partial charge is 0.393 e. The van der Waals surface area contributed by atoms with Crippen molar-refractivity contribution < 1.29 is 18.7 Å². The summed E-state index contributed by atoms with van der Waals surface area (Å²) < 4.78 is 25.6. The van der Waals surface area contributed by atoms with Gasteiger partial charge < -0.3 is 10.4 Å². The normalized spacial score (nSPS) is 16.4. The zero-order valence-corrected chi connectivity index (χ0v) is 9.83. The third-order valence-electron chi connectivity index (χ3n) is 3.07. The van der Waals surface area contributed by atoms with Gasteiger partial charge in [0, 0.05) is 12.1 Å². The fraction of sp³-hybridized carbons (Fsp3) is 0.462. The first kappa shape index (κ1) is 13.0. The Kier molecular flexibility index (Phi) is 3.91. The Bertz CT molecular complexity index is 447. The minimum Gasteiger partial charge on any atom is -0.393 e. The van der Waals surface area contributed by atoms with Crippen molar-refractivity contribution in [2.75, 3.05) is 6.54 Å². The fourth-order valence-electron chi connectivity index (χ4n) is 1.79. The lowest BCUT2D eigenvalue weighted by Crippen LogP contribution is -2.27. The minimum absolute atomic E-state index is 0.0785. The molecule has 1 aliphatic carbocycles. The molecule has 0 aliphatic heterocycles. The number of aliphatic hydroxyl groups excluding tert-OH is 1. The lowest BCUT2D eigenvalue weighted by atomic mass is 10.1. The minimum atomic E-state index is -1.04. The Morgan fingerprint density at radius 1 is 1.39 bits per heavy atom. The summed E-state index contributed by atoms with van der Waals surface area (Å²) in [6.45, 7) is 0.329. The number of carbonyl (C=O) groups excluding carboxylic acids is 1. The molecule has 1 aromatic rings. The molecule has 0 unspecified atom stereocenters. The molecule has 2 N–H and O–H groups in total. The first-order valence-electron chi connectivity index (χ1n) is 5.99. The van der Waals surface area contributed by atoms with Gasteiger partial charge in [0.25, 0.3) is 5.91 Å². The number of benzene rings is 1. The number of carbonyl (C=O) groups is 1. The van der Waals surface area contributed by atoms with Crippen LogP contribution in [0.5, 0.6) is 0 Å². The van der Waals surface area contributed by atoms with E-state index in [1.807, 2.05) is 0 Å². The average molecular weight is 255 g/mol. The van der Waals surface area contributed by atoms with Crippen LogP contribution in [0.1, 0.15) is 29.6 Å². The van der Waals surface area contributed by atoms with Crippen LogP contribution in [0.25, 0.3) is 0 Å². The lowest BCUT2D eigenvalue weighted by Gasteiger charge is -2.10. The number of aliphatic hydroxyl groups is 1. The van der Waals surface area contributed by atoms with Crippen LogP contribution < -0.4 is 5.32 Å². The van der Waals surface area contributed by atoms with Crippen molar-refractivity contribution in [3.8, 4) is 0 Å². The van der Waals surface area contributed by atoms with Crippen LogP contribution in [-0.2, 0) is 0 Å². The Labute approximate surface area is 104 Å². The van der Waals surface area contributed by atoms with Crippen molar-refractivity contribution >= 4 is 5.91 Å². The van der Waals surface area contributed by atoms with Gasteiger partial charge in [-0.15, -0.1) is 0 Å². The topological polar surface area (TPSA) is 49.3 Å². The maximum absolute atomic E-state index is 12.9. The van der Waals surface area contributed by atoms with E-state index < -0.39 is 17.5 Å². The van der Waals surface area contributed by atoms with E-state index in [2.05, 4.69) is 5.32 Å². The van der Waals surface area contributed by atoms with E-state index in [1.165, 1.54) is 6.07 Å². The molecule has 5 heteroatoms. The predicted octanol–water partition coefficient (Wildman–Crippen LogP) is 1.86. The summed E-state index contributed by atoms with van der Waals surface area (Å²) >= 11 is 0. The van der Waals surface area contributed by atoms with Crippen molar-refractivity contribution in [2.24, 2.45) is 5.92 Å². The predicted molar refractivity (Wildman–Crippen MR) is 62.0 cm³/mol. The zero-order chi connectivity index (χ0) is 13.1. The van der Waals surface area contributed by atoms with Crippen LogP contribution in [0.4, 0.5) is 8.78 Å². The molecule has 1 aromatic carbocycles. The second-order valence-corrected chi connectivity index (χ2v) is 4.58. The number of amides is 1. The Balaban J connectivity index is 1.81. The van der Waals surface area contributed by atoms with Gasteiger partial charge in [0.2, 0.25) is 0 Å². The van der Waals surface area contributed by atoms with E-state index in [-0.39, 0.29) is 11.7 Å². The first-order chi connectivity index (χ1) is 8.58. The highest BCUT2D eigenvalue weighted by atomic mass is 19.2. The third kappa shape index (κ3) is 3.26. The fourth-order valence-corrected chi connectivity index (χ4v) is 1.79. The van der Waals surface area contributed by atoms with Crippen LogP contribution in [0.2, 0.25) is 0 Å². The molecule has 0 saturated heterocycles. The van der Waals surface area contributed by atoms with Gasteiger partial charge in [0.1, 0.15) is 0 Å². The maximum atomic E-state index is 12.9. The van der Waals surface area contributed by atoms with E-state index in [1.54, 1.807) is 0 Å². The highest BCUT2D eigenvalue weighted by Crippen LogP contribution is 2.33. The summed E-state index contributed by atoms with van der Waals surface area (Å²) in [7, 11) is 0. The van der Waals surface area contributed by atoms with E-state index >= 15 is 0 Å². The van der Waals surface area contributed by atoms with E-state index in [0.29, 0.717) is 18.9 Å². The van der Waals surface area contributed by atoms with Gasteiger partial charge in [-0.05, 0) is 43.4 Å². The molecule has 0 aromatic heterocycles. The van der Waals surface area contributed by atoms with Crippen molar-refractivity contribution in [2.45, 2.75) is 25.4 Å². The van der Waals surface area contributed by atoms with Crippen LogP contribution in [-0.4, -0.2) is 23.7 Å². The number of hydrogen-bond donors (Lipinski definition) is 2. The molecule has 18 heavy (non-hydrogen) atoms. The Morgan fingerprint density at radius 3 is 2.72 bits per heavy atom. The molecule has 3 nitrogen and oxygen atoms in total. The second kappa shape index (κ2) is 5.44. The van der Waals surface area contributed by atoms with Crippen molar-refractivity contribution in [3.05, 3.63) is 35.4 Å². The molecule has 1 fully saturated rings. The standard InChI is InChI=1S/C13H15F2NO2/c14-10-4-3-9(7-11(10)15)13(18)16-6-5-12(17)8-1-2-8/h3-4,7-8,12,17H,1-2,5-6H2,(H,16,18)/t12-/m0/s1. The number of nitrogens with one attached hydrogen (secondary N) is 1. The van der Waals surface area contributed by atoms with Crippen LogP contribution in [0.15, 0.2) is 18.2 Å². The van der Waals surface area contributed by atoms with Crippen molar-refractivity contribution in [1.82, 2.24) is 5.32 Å². The van der Waals surface area contributed by atoms with E-state index in [9.17, 15) is 18.7 Å². The Morgan fingerprint density at radius 2 is 2.11 bits per heavy atom. The molecule has 0 radical (unpaired) electrons. The van der Waals surface area contributed by atoms with Crippen LogP contribution in [0.3, 0.4) is 0 Å². The zero-order valence-electron chi connectivity index (χ0n) is 9.83. The van der Waals surface area contributed by atoms with Gasteiger partial charge in [-0.2, -0.15) is 0 Å². The third-order valence-corrected chi connectivity index (χ3v) is 3.07. The molecular weight excluding hydrogens is 240 g/mol. The molecule has 2 rings (SSSR count). The number of hydrogen-bond acceptors (Lipinski definition) is 2. The van der Waals surface area contributed by atoms with Gasteiger partial charge in [-0.25, -0.2) is 8.78 Å². The van der Waals surface area contributed by atoms with Crippen molar-refractivity contribution in [1.29, 1.82) is 0 Å². The number of halogens is 2. The van der Waals surface area contributed by atoms with Gasteiger partial charge in [0.15, 0.2) is 11.6 Å².